The van der Waals surface area contributed by atoms with Crippen LogP contribution in [-0.4, -0.2) is 38.0 Å². The molecule has 2 N–H and O–H groups in total. The summed E-state index contributed by atoms with van der Waals surface area (Å²) in [4.78, 5) is 16.0. The van der Waals surface area contributed by atoms with Crippen molar-refractivity contribution in [2.75, 3.05) is 31.8 Å². The van der Waals surface area contributed by atoms with Crippen LogP contribution in [0.25, 0.3) is 0 Å². The number of nitrogens with two attached hydrogens (primary N) is 1. The van der Waals surface area contributed by atoms with Crippen LogP contribution in [0, 0.1) is 5.92 Å². The first kappa shape index (κ1) is 15.7. The van der Waals surface area contributed by atoms with Crippen LogP contribution < -0.4 is 10.6 Å². The zero-order valence-electron chi connectivity index (χ0n) is 13.6. The van der Waals surface area contributed by atoms with Gasteiger partial charge in [0.2, 0.25) is 0 Å². The van der Waals surface area contributed by atoms with Crippen LogP contribution >= 0.6 is 0 Å². The topological polar surface area (TPSA) is 49.6 Å². The molecule has 1 saturated carbocycles. The van der Waals surface area contributed by atoms with Crippen molar-refractivity contribution < 1.29 is 4.79 Å². The normalized spacial score (nSPS) is 21.9. The molecule has 0 heterocycles. The zero-order valence-corrected chi connectivity index (χ0v) is 13.6. The third-order valence-corrected chi connectivity index (χ3v) is 4.60. The molecular formula is C17H27N3O. The van der Waals surface area contributed by atoms with Gasteiger partial charge in [-0.3, -0.25) is 4.79 Å². The van der Waals surface area contributed by atoms with E-state index in [1.165, 1.54) is 25.7 Å². The van der Waals surface area contributed by atoms with Gasteiger partial charge >= 0.3 is 0 Å². The summed E-state index contributed by atoms with van der Waals surface area (Å²) in [6.45, 7) is 2.32. The first-order chi connectivity index (χ1) is 9.90. The average molecular weight is 289 g/mol. The highest BCUT2D eigenvalue weighted by Crippen LogP contribution is 2.32. The van der Waals surface area contributed by atoms with Gasteiger partial charge in [-0.1, -0.05) is 6.92 Å². The van der Waals surface area contributed by atoms with Gasteiger partial charge in [-0.05, 0) is 49.8 Å². The molecule has 0 atom stereocenters. The minimum atomic E-state index is 0.0157. The van der Waals surface area contributed by atoms with E-state index in [4.69, 9.17) is 5.73 Å². The summed E-state index contributed by atoms with van der Waals surface area (Å²) >= 11 is 0. The molecule has 0 saturated heterocycles. The molecule has 1 fully saturated rings. The van der Waals surface area contributed by atoms with Gasteiger partial charge in [-0.2, -0.15) is 0 Å². The minimum absolute atomic E-state index is 0.0157. The number of carbonyl (C=O) groups is 1. The highest BCUT2D eigenvalue weighted by Gasteiger charge is 2.23. The first-order valence-electron chi connectivity index (χ1n) is 7.74. The molecule has 4 nitrogen and oxygen atoms in total. The van der Waals surface area contributed by atoms with Crippen molar-refractivity contribution in [3.8, 4) is 0 Å². The number of hydrogen-bond donors (Lipinski definition) is 1. The summed E-state index contributed by atoms with van der Waals surface area (Å²) in [5.41, 5.74) is 8.55. The second-order valence-electron chi connectivity index (χ2n) is 6.50. The lowest BCUT2D eigenvalue weighted by Gasteiger charge is -2.35. The van der Waals surface area contributed by atoms with Crippen LogP contribution in [-0.2, 0) is 0 Å². The molecule has 0 aromatic heterocycles. The third-order valence-electron chi connectivity index (χ3n) is 4.60. The highest BCUT2D eigenvalue weighted by molar-refractivity contribution is 5.96. The Bertz CT molecular complexity index is 505. The Balaban J connectivity index is 2.22. The van der Waals surface area contributed by atoms with Gasteiger partial charge in [0.25, 0.3) is 5.91 Å². The fourth-order valence-corrected chi connectivity index (χ4v) is 3.07. The maximum atomic E-state index is 12.1. The SMILES string of the molecule is CC1CCC(N(C)c2cc(C(=O)N(C)C)ccc2N)CC1. The van der Waals surface area contributed by atoms with Crippen molar-refractivity contribution in [3.05, 3.63) is 23.8 Å². The van der Waals surface area contributed by atoms with Crippen LogP contribution in [0.2, 0.25) is 0 Å². The van der Waals surface area contributed by atoms with Gasteiger partial charge in [0.15, 0.2) is 0 Å². The van der Waals surface area contributed by atoms with Crippen LogP contribution in [0.5, 0.6) is 0 Å². The number of nitrogens with zero attached hydrogens (tertiary/aromatic N) is 2. The number of nitrogen functional groups attached to an aromatic ring is 1. The predicted molar refractivity (Wildman–Crippen MR) is 88.7 cm³/mol. The van der Waals surface area contributed by atoms with Gasteiger partial charge in [-0.25, -0.2) is 0 Å². The standard InChI is InChI=1S/C17H27N3O/c1-12-5-8-14(9-6-12)20(4)16-11-13(7-10-15(16)18)17(21)19(2)3/h7,10-12,14H,5-6,8-9,18H2,1-4H3. The molecule has 0 unspecified atom stereocenters. The lowest BCUT2D eigenvalue weighted by atomic mass is 9.86. The second kappa shape index (κ2) is 6.37. The third kappa shape index (κ3) is 3.49. The van der Waals surface area contributed by atoms with Crippen molar-refractivity contribution in [1.82, 2.24) is 4.90 Å². The summed E-state index contributed by atoms with van der Waals surface area (Å²) in [6, 6.07) is 6.09. The number of rotatable bonds is 3. The quantitative estimate of drug-likeness (QED) is 0.870. The van der Waals surface area contributed by atoms with Gasteiger partial charge in [0.1, 0.15) is 0 Å². The van der Waals surface area contributed by atoms with E-state index in [0.717, 1.165) is 17.3 Å². The Morgan fingerprint density at radius 3 is 2.33 bits per heavy atom. The molecular weight excluding hydrogens is 262 g/mol. The summed E-state index contributed by atoms with van der Waals surface area (Å²) in [7, 11) is 5.63. The molecule has 4 heteroatoms. The van der Waals surface area contributed by atoms with Crippen molar-refractivity contribution >= 4 is 17.3 Å². The summed E-state index contributed by atoms with van der Waals surface area (Å²) < 4.78 is 0. The Morgan fingerprint density at radius 1 is 1.14 bits per heavy atom. The van der Waals surface area contributed by atoms with Crippen molar-refractivity contribution in [1.29, 1.82) is 0 Å². The maximum Gasteiger partial charge on any atom is 0.253 e. The van der Waals surface area contributed by atoms with Crippen LogP contribution in [0.1, 0.15) is 43.0 Å². The Hall–Kier alpha value is -1.71. The van der Waals surface area contributed by atoms with E-state index in [9.17, 15) is 4.79 Å². The van der Waals surface area contributed by atoms with Crippen molar-refractivity contribution in [2.24, 2.45) is 5.92 Å². The van der Waals surface area contributed by atoms with E-state index >= 15 is 0 Å². The molecule has 1 amide bonds. The number of benzene rings is 1. The Morgan fingerprint density at radius 2 is 1.76 bits per heavy atom. The van der Waals surface area contributed by atoms with E-state index in [1.54, 1.807) is 25.1 Å². The molecule has 1 aromatic rings. The summed E-state index contributed by atoms with van der Waals surface area (Å²) in [5, 5.41) is 0. The van der Waals surface area contributed by atoms with Gasteiger partial charge in [0, 0.05) is 32.7 Å². The molecule has 0 aliphatic heterocycles. The van der Waals surface area contributed by atoms with Crippen LogP contribution in [0.3, 0.4) is 0 Å². The van der Waals surface area contributed by atoms with E-state index < -0.39 is 0 Å². The van der Waals surface area contributed by atoms with Crippen molar-refractivity contribution in [3.63, 3.8) is 0 Å². The lowest BCUT2D eigenvalue weighted by Crippen LogP contribution is -2.35. The van der Waals surface area contributed by atoms with Crippen LogP contribution in [0.4, 0.5) is 11.4 Å². The zero-order chi connectivity index (χ0) is 15.6. The fraction of sp³-hybridized carbons (Fsp3) is 0.588. The summed E-state index contributed by atoms with van der Waals surface area (Å²) in [6.07, 6.45) is 4.93. The van der Waals surface area contributed by atoms with Gasteiger partial charge in [0.05, 0.1) is 11.4 Å². The summed E-state index contributed by atoms with van der Waals surface area (Å²) in [5.74, 6) is 0.843. The molecule has 21 heavy (non-hydrogen) atoms. The molecule has 116 valence electrons. The molecule has 1 aliphatic rings. The Labute approximate surface area is 127 Å². The van der Waals surface area contributed by atoms with Crippen LogP contribution in [0.15, 0.2) is 18.2 Å². The smallest absolute Gasteiger partial charge is 0.253 e. The van der Waals surface area contributed by atoms with Gasteiger partial charge in [-0.15, -0.1) is 0 Å². The number of carbonyl (C=O) groups excluding carboxylic acids is 1. The minimum Gasteiger partial charge on any atom is -0.397 e. The van der Waals surface area contributed by atoms with E-state index in [1.807, 2.05) is 12.1 Å². The first-order valence-corrected chi connectivity index (χ1v) is 7.74. The second-order valence-corrected chi connectivity index (χ2v) is 6.50. The Kier molecular flexibility index (Phi) is 4.76. The highest BCUT2D eigenvalue weighted by atomic mass is 16.2. The van der Waals surface area contributed by atoms with Crippen molar-refractivity contribution in [2.45, 2.75) is 38.6 Å². The predicted octanol–water partition coefficient (Wildman–Crippen LogP) is 2.99. The molecule has 1 aromatic carbocycles. The van der Waals surface area contributed by atoms with E-state index in [0.29, 0.717) is 11.6 Å². The van der Waals surface area contributed by atoms with Gasteiger partial charge < -0.3 is 15.5 Å². The molecule has 1 aliphatic carbocycles. The fourth-order valence-electron chi connectivity index (χ4n) is 3.07. The number of amides is 1. The number of anilines is 2. The molecule has 2 rings (SSSR count). The maximum absolute atomic E-state index is 12.1. The average Bonchev–Trinajstić information content (AvgIpc) is 2.47. The lowest BCUT2D eigenvalue weighted by molar-refractivity contribution is 0.0827. The molecule has 0 radical (unpaired) electrons. The molecule has 0 bridgehead atoms. The van der Waals surface area contributed by atoms with E-state index in [2.05, 4.69) is 18.9 Å². The number of hydrogen-bond acceptors (Lipinski definition) is 3. The molecule has 0 spiro atoms. The van der Waals surface area contributed by atoms with E-state index in [-0.39, 0.29) is 5.91 Å². The largest absolute Gasteiger partial charge is 0.397 e. The monoisotopic (exact) mass is 289 g/mol.